The Morgan fingerprint density at radius 2 is 1.70 bits per heavy atom. The van der Waals surface area contributed by atoms with Crippen molar-refractivity contribution in [2.45, 2.75) is 26.8 Å². The lowest BCUT2D eigenvalue weighted by atomic mass is 10.1. The third kappa shape index (κ3) is 4.39. The predicted octanol–water partition coefficient (Wildman–Crippen LogP) is 4.07. The molecule has 0 saturated carbocycles. The Balaban J connectivity index is 2.00. The Bertz CT molecular complexity index is 662. The summed E-state index contributed by atoms with van der Waals surface area (Å²) in [6.45, 7) is 6.23. The van der Waals surface area contributed by atoms with Crippen molar-refractivity contribution in [1.82, 2.24) is 4.90 Å². The van der Waals surface area contributed by atoms with E-state index in [9.17, 15) is 9.18 Å². The highest BCUT2D eigenvalue weighted by Gasteiger charge is 2.16. The number of carbonyl (C=O) groups is 1. The van der Waals surface area contributed by atoms with Gasteiger partial charge in [0.2, 0.25) is 5.91 Å². The van der Waals surface area contributed by atoms with Gasteiger partial charge in [0, 0.05) is 11.7 Å². The van der Waals surface area contributed by atoms with Gasteiger partial charge in [0.25, 0.3) is 0 Å². The third-order valence-electron chi connectivity index (χ3n) is 4.15. The van der Waals surface area contributed by atoms with Gasteiger partial charge in [-0.1, -0.05) is 30.3 Å². The van der Waals surface area contributed by atoms with Crippen LogP contribution in [-0.2, 0) is 4.79 Å². The van der Waals surface area contributed by atoms with Crippen molar-refractivity contribution in [2.75, 3.05) is 18.9 Å². The summed E-state index contributed by atoms with van der Waals surface area (Å²) in [5.41, 5.74) is 3.95. The second-order valence-corrected chi connectivity index (χ2v) is 5.96. The zero-order chi connectivity index (χ0) is 17.0. The molecule has 2 aromatic carbocycles. The molecule has 0 radical (unpaired) electrons. The number of para-hydroxylation sites is 1. The number of carbonyl (C=O) groups excluding carboxylic acids is 1. The topological polar surface area (TPSA) is 32.3 Å². The van der Waals surface area contributed by atoms with Crippen LogP contribution in [-0.4, -0.2) is 24.4 Å². The quantitative estimate of drug-likeness (QED) is 0.902. The fourth-order valence-electron chi connectivity index (χ4n) is 2.55. The molecular formula is C19H23FN2O. The van der Waals surface area contributed by atoms with Gasteiger partial charge in [0.15, 0.2) is 0 Å². The summed E-state index contributed by atoms with van der Waals surface area (Å²) in [4.78, 5) is 14.2. The van der Waals surface area contributed by atoms with Crippen LogP contribution < -0.4 is 5.32 Å². The number of amides is 1. The molecule has 1 unspecified atom stereocenters. The predicted molar refractivity (Wildman–Crippen MR) is 92.0 cm³/mol. The van der Waals surface area contributed by atoms with E-state index in [1.54, 1.807) is 12.1 Å². The molecule has 23 heavy (non-hydrogen) atoms. The third-order valence-corrected chi connectivity index (χ3v) is 4.15. The number of rotatable bonds is 5. The van der Waals surface area contributed by atoms with Crippen LogP contribution >= 0.6 is 0 Å². The van der Waals surface area contributed by atoms with Crippen molar-refractivity contribution in [3.8, 4) is 0 Å². The van der Waals surface area contributed by atoms with Crippen molar-refractivity contribution >= 4 is 11.6 Å². The summed E-state index contributed by atoms with van der Waals surface area (Å²) in [6, 6.07) is 12.3. The van der Waals surface area contributed by atoms with Gasteiger partial charge in [-0.3, -0.25) is 9.69 Å². The van der Waals surface area contributed by atoms with E-state index in [-0.39, 0.29) is 24.3 Å². The first kappa shape index (κ1) is 17.2. The van der Waals surface area contributed by atoms with Crippen LogP contribution in [0.5, 0.6) is 0 Å². The number of likely N-dealkylation sites (N-methyl/N-ethyl adjacent to an activating group) is 1. The van der Waals surface area contributed by atoms with E-state index < -0.39 is 0 Å². The Morgan fingerprint density at radius 1 is 1.13 bits per heavy atom. The number of nitrogens with zero attached hydrogens (tertiary/aromatic N) is 1. The highest BCUT2D eigenvalue weighted by molar-refractivity contribution is 5.93. The Kier molecular flexibility index (Phi) is 5.50. The van der Waals surface area contributed by atoms with Gasteiger partial charge in [-0.15, -0.1) is 0 Å². The average Bonchev–Trinajstić information content (AvgIpc) is 2.51. The van der Waals surface area contributed by atoms with Crippen molar-refractivity contribution in [3.05, 3.63) is 65.0 Å². The van der Waals surface area contributed by atoms with Crippen molar-refractivity contribution in [1.29, 1.82) is 0 Å². The van der Waals surface area contributed by atoms with Gasteiger partial charge >= 0.3 is 0 Å². The van der Waals surface area contributed by atoms with Crippen LogP contribution in [0.3, 0.4) is 0 Å². The molecule has 1 atom stereocenters. The lowest BCUT2D eigenvalue weighted by Gasteiger charge is -2.25. The minimum absolute atomic E-state index is 0.0271. The van der Waals surface area contributed by atoms with Crippen molar-refractivity contribution in [2.24, 2.45) is 0 Å². The standard InChI is InChI=1S/C19H23FN2O/c1-13-6-5-7-14(2)19(13)21-18(23)12-22(4)15(3)16-8-10-17(20)11-9-16/h5-11,15H,12H2,1-4H3,(H,21,23). The molecule has 0 fully saturated rings. The smallest absolute Gasteiger partial charge is 0.238 e. The second kappa shape index (κ2) is 7.38. The lowest BCUT2D eigenvalue weighted by molar-refractivity contribution is -0.117. The summed E-state index contributed by atoms with van der Waals surface area (Å²) in [7, 11) is 1.89. The molecule has 0 aliphatic heterocycles. The molecule has 2 rings (SSSR count). The lowest BCUT2D eigenvalue weighted by Crippen LogP contribution is -2.32. The van der Waals surface area contributed by atoms with E-state index in [1.165, 1.54) is 12.1 Å². The van der Waals surface area contributed by atoms with Gasteiger partial charge < -0.3 is 5.32 Å². The van der Waals surface area contributed by atoms with Gasteiger partial charge in [-0.05, 0) is 56.6 Å². The van der Waals surface area contributed by atoms with E-state index in [0.29, 0.717) is 0 Å². The summed E-state index contributed by atoms with van der Waals surface area (Å²) in [5, 5.41) is 2.98. The summed E-state index contributed by atoms with van der Waals surface area (Å²) in [6.07, 6.45) is 0. The summed E-state index contributed by atoms with van der Waals surface area (Å²) in [5.74, 6) is -0.310. The first-order valence-corrected chi connectivity index (χ1v) is 7.70. The van der Waals surface area contributed by atoms with Gasteiger partial charge in [0.05, 0.1) is 6.54 Å². The minimum Gasteiger partial charge on any atom is -0.324 e. The molecule has 3 nitrogen and oxygen atoms in total. The molecule has 0 aliphatic carbocycles. The highest BCUT2D eigenvalue weighted by atomic mass is 19.1. The van der Waals surface area contributed by atoms with E-state index in [0.717, 1.165) is 22.4 Å². The molecule has 1 amide bonds. The maximum Gasteiger partial charge on any atom is 0.238 e. The number of halogens is 1. The molecule has 4 heteroatoms. The molecule has 0 aliphatic rings. The minimum atomic E-state index is -0.253. The number of anilines is 1. The Morgan fingerprint density at radius 3 is 2.26 bits per heavy atom. The van der Waals surface area contributed by atoms with E-state index in [2.05, 4.69) is 5.32 Å². The molecule has 0 aromatic heterocycles. The van der Waals surface area contributed by atoms with Gasteiger partial charge in [0.1, 0.15) is 5.82 Å². The van der Waals surface area contributed by atoms with Gasteiger partial charge in [-0.2, -0.15) is 0 Å². The number of nitrogens with one attached hydrogen (secondary N) is 1. The van der Waals surface area contributed by atoms with E-state index in [4.69, 9.17) is 0 Å². The molecule has 0 bridgehead atoms. The molecule has 2 aromatic rings. The molecular weight excluding hydrogens is 291 g/mol. The van der Waals surface area contributed by atoms with Crippen LogP contribution in [0.15, 0.2) is 42.5 Å². The maximum atomic E-state index is 13.0. The number of benzene rings is 2. The number of hydrogen-bond acceptors (Lipinski definition) is 2. The normalized spacial score (nSPS) is 12.3. The number of hydrogen-bond donors (Lipinski definition) is 1. The number of aryl methyl sites for hydroxylation is 2. The highest BCUT2D eigenvalue weighted by Crippen LogP contribution is 2.21. The summed E-state index contributed by atoms with van der Waals surface area (Å²) >= 11 is 0. The van der Waals surface area contributed by atoms with E-state index in [1.807, 2.05) is 50.9 Å². The maximum absolute atomic E-state index is 13.0. The fourth-order valence-corrected chi connectivity index (χ4v) is 2.55. The molecule has 1 N–H and O–H groups in total. The zero-order valence-electron chi connectivity index (χ0n) is 14.1. The average molecular weight is 314 g/mol. The first-order chi connectivity index (χ1) is 10.9. The Labute approximate surface area is 137 Å². The Hall–Kier alpha value is -2.20. The van der Waals surface area contributed by atoms with E-state index >= 15 is 0 Å². The van der Waals surface area contributed by atoms with Crippen molar-refractivity contribution < 1.29 is 9.18 Å². The SMILES string of the molecule is Cc1cccc(C)c1NC(=O)CN(C)C(C)c1ccc(F)cc1. The van der Waals surface area contributed by atoms with Crippen LogP contribution in [0.1, 0.15) is 29.7 Å². The first-order valence-electron chi connectivity index (χ1n) is 7.70. The van der Waals surface area contributed by atoms with Crippen molar-refractivity contribution in [3.63, 3.8) is 0 Å². The molecule has 122 valence electrons. The largest absolute Gasteiger partial charge is 0.324 e. The zero-order valence-corrected chi connectivity index (χ0v) is 14.1. The fraction of sp³-hybridized carbons (Fsp3) is 0.316. The molecule has 0 saturated heterocycles. The summed E-state index contributed by atoms with van der Waals surface area (Å²) < 4.78 is 13.0. The molecule has 0 spiro atoms. The van der Waals surface area contributed by atoms with Crippen LogP contribution in [0.4, 0.5) is 10.1 Å². The molecule has 0 heterocycles. The monoisotopic (exact) mass is 314 g/mol. The van der Waals surface area contributed by atoms with Crippen LogP contribution in [0.25, 0.3) is 0 Å². The van der Waals surface area contributed by atoms with Crippen LogP contribution in [0, 0.1) is 19.7 Å². The second-order valence-electron chi connectivity index (χ2n) is 5.96. The van der Waals surface area contributed by atoms with Crippen LogP contribution in [0.2, 0.25) is 0 Å². The van der Waals surface area contributed by atoms with Gasteiger partial charge in [-0.25, -0.2) is 4.39 Å².